The van der Waals surface area contributed by atoms with E-state index in [4.69, 9.17) is 18.9 Å². The van der Waals surface area contributed by atoms with E-state index in [0.29, 0.717) is 40.5 Å². The molecule has 3 aliphatic heterocycles. The highest BCUT2D eigenvalue weighted by atomic mass is 16.7. The summed E-state index contributed by atoms with van der Waals surface area (Å²) in [6, 6.07) is 0.528. The fourth-order valence-corrected chi connectivity index (χ4v) is 13.3. The largest absolute Gasteiger partial charge is 0.390 e. The molecule has 2 unspecified atom stereocenters. The van der Waals surface area contributed by atoms with Gasteiger partial charge in [0, 0.05) is 12.0 Å². The van der Waals surface area contributed by atoms with Crippen molar-refractivity contribution in [1.82, 2.24) is 4.90 Å². The van der Waals surface area contributed by atoms with E-state index in [1.807, 2.05) is 0 Å². The standard InChI is InChI=1S/C34H53NO6/c1-20-14-22(16-36)40-28-27(20)31(4)10-11-34-19-33(34)9-8-25(41-26-15-35(12-13-39-26)21-17-38-18-21)30(2,3)23(33)6-7-24(34)32(31,5)29(28)37/h16,20-29,37H,6-15,17-19H2,1-5H3/t20-,22-,23+,24+,25+,26+,27?,28+,29+,31-,32-,33?,34+/m1/s1. The lowest BCUT2D eigenvalue weighted by Gasteiger charge is -2.64. The minimum absolute atomic E-state index is 0.0440. The summed E-state index contributed by atoms with van der Waals surface area (Å²) in [7, 11) is 0. The summed E-state index contributed by atoms with van der Waals surface area (Å²) >= 11 is 0. The molecule has 8 fully saturated rings. The Kier molecular flexibility index (Phi) is 6.13. The predicted octanol–water partition coefficient (Wildman–Crippen LogP) is 4.44. The van der Waals surface area contributed by atoms with Crippen LogP contribution in [0.4, 0.5) is 0 Å². The molecule has 3 saturated heterocycles. The average molecular weight is 572 g/mol. The maximum absolute atomic E-state index is 12.2. The molecule has 0 amide bonds. The molecule has 7 heteroatoms. The molecule has 41 heavy (non-hydrogen) atoms. The Hall–Kier alpha value is -0.570. The van der Waals surface area contributed by atoms with E-state index in [1.165, 1.54) is 38.5 Å². The summed E-state index contributed by atoms with van der Waals surface area (Å²) in [5.41, 5.74) is 0.663. The molecule has 0 aromatic carbocycles. The molecular weight excluding hydrogens is 518 g/mol. The number of ether oxygens (including phenoxy) is 4. The number of carbonyl (C=O) groups excluding carboxylic acids is 1. The van der Waals surface area contributed by atoms with E-state index in [-0.39, 0.29) is 40.8 Å². The number of carbonyl (C=O) groups is 1. The lowest BCUT2D eigenvalue weighted by molar-refractivity contribution is -0.256. The van der Waals surface area contributed by atoms with Crippen molar-refractivity contribution in [3.63, 3.8) is 0 Å². The first kappa shape index (κ1) is 27.9. The molecule has 3 heterocycles. The minimum Gasteiger partial charge on any atom is -0.390 e. The lowest BCUT2D eigenvalue weighted by atomic mass is 9.41. The van der Waals surface area contributed by atoms with Crippen LogP contribution in [-0.2, 0) is 23.7 Å². The van der Waals surface area contributed by atoms with Crippen LogP contribution in [0, 0.1) is 50.7 Å². The molecule has 8 rings (SSSR count). The van der Waals surface area contributed by atoms with Crippen LogP contribution in [0.1, 0.15) is 86.0 Å². The van der Waals surface area contributed by atoms with Crippen LogP contribution < -0.4 is 0 Å². The number of rotatable bonds is 4. The smallest absolute Gasteiger partial charge is 0.170 e. The van der Waals surface area contributed by atoms with E-state index in [9.17, 15) is 9.90 Å². The van der Waals surface area contributed by atoms with E-state index in [1.54, 1.807) is 0 Å². The van der Waals surface area contributed by atoms with E-state index in [2.05, 4.69) is 39.5 Å². The van der Waals surface area contributed by atoms with Crippen LogP contribution in [0.15, 0.2) is 0 Å². The third-order valence-electron chi connectivity index (χ3n) is 15.4. The number of morpholine rings is 1. The highest BCUT2D eigenvalue weighted by Gasteiger charge is 2.84. The molecular formula is C34H53NO6. The second kappa shape index (κ2) is 9.00. The van der Waals surface area contributed by atoms with E-state index in [0.717, 1.165) is 52.0 Å². The Bertz CT molecular complexity index is 1080. The third-order valence-corrected chi connectivity index (χ3v) is 15.4. The van der Waals surface area contributed by atoms with Gasteiger partial charge in [0.1, 0.15) is 12.4 Å². The van der Waals surface area contributed by atoms with Gasteiger partial charge in [-0.05, 0) is 96.7 Å². The van der Waals surface area contributed by atoms with Gasteiger partial charge in [0.2, 0.25) is 0 Å². The number of nitrogens with zero attached hydrogens (tertiary/aromatic N) is 1. The first-order valence-corrected chi connectivity index (χ1v) is 16.9. The molecule has 0 aromatic rings. The maximum Gasteiger partial charge on any atom is 0.170 e. The van der Waals surface area contributed by atoms with Crippen molar-refractivity contribution in [2.24, 2.45) is 50.7 Å². The quantitative estimate of drug-likeness (QED) is 0.500. The van der Waals surface area contributed by atoms with E-state index >= 15 is 0 Å². The molecule has 13 atom stereocenters. The van der Waals surface area contributed by atoms with Crippen LogP contribution in [0.3, 0.4) is 0 Å². The van der Waals surface area contributed by atoms with Crippen LogP contribution in [-0.4, -0.2) is 86.0 Å². The first-order chi connectivity index (χ1) is 19.5. The van der Waals surface area contributed by atoms with Gasteiger partial charge in [-0.15, -0.1) is 0 Å². The first-order valence-electron chi connectivity index (χ1n) is 16.9. The fraction of sp³-hybridized carbons (Fsp3) is 0.971. The van der Waals surface area contributed by atoms with E-state index < -0.39 is 6.10 Å². The zero-order chi connectivity index (χ0) is 28.6. The molecule has 0 bridgehead atoms. The molecule has 2 spiro atoms. The molecule has 8 aliphatic rings. The normalized spacial score (nSPS) is 57.8. The van der Waals surface area contributed by atoms with Gasteiger partial charge in [-0.3, -0.25) is 4.90 Å². The molecule has 0 aromatic heterocycles. The third kappa shape index (κ3) is 3.40. The summed E-state index contributed by atoms with van der Waals surface area (Å²) in [6.07, 6.45) is 9.27. The number of aliphatic hydroxyl groups excluding tert-OH is 1. The summed E-state index contributed by atoms with van der Waals surface area (Å²) in [5.74, 6) is 1.88. The molecule has 5 saturated carbocycles. The van der Waals surface area contributed by atoms with Crippen LogP contribution in [0.25, 0.3) is 0 Å². The minimum atomic E-state index is -0.501. The molecule has 1 N–H and O–H groups in total. The van der Waals surface area contributed by atoms with Crippen molar-refractivity contribution >= 4 is 6.29 Å². The van der Waals surface area contributed by atoms with Crippen molar-refractivity contribution in [2.75, 3.05) is 32.9 Å². The summed E-state index contributed by atoms with van der Waals surface area (Å²) < 4.78 is 24.9. The van der Waals surface area contributed by atoms with Gasteiger partial charge in [0.15, 0.2) is 6.29 Å². The Morgan fingerprint density at radius 3 is 2.49 bits per heavy atom. The summed E-state index contributed by atoms with van der Waals surface area (Å²) in [6.45, 7) is 16.4. The summed E-state index contributed by atoms with van der Waals surface area (Å²) in [4.78, 5) is 14.3. The van der Waals surface area contributed by atoms with Crippen molar-refractivity contribution in [2.45, 2.75) is 123 Å². The van der Waals surface area contributed by atoms with Crippen LogP contribution in [0.5, 0.6) is 0 Å². The molecule has 230 valence electrons. The van der Waals surface area contributed by atoms with Gasteiger partial charge in [0.05, 0.1) is 50.7 Å². The zero-order valence-corrected chi connectivity index (χ0v) is 26.0. The Morgan fingerprint density at radius 2 is 1.76 bits per heavy atom. The van der Waals surface area contributed by atoms with Crippen LogP contribution in [0.2, 0.25) is 0 Å². The van der Waals surface area contributed by atoms with Gasteiger partial charge in [0.25, 0.3) is 0 Å². The van der Waals surface area contributed by atoms with Gasteiger partial charge < -0.3 is 28.8 Å². The highest BCUT2D eigenvalue weighted by Crippen LogP contribution is 2.89. The molecule has 0 radical (unpaired) electrons. The topological polar surface area (TPSA) is 77.5 Å². The van der Waals surface area contributed by atoms with Crippen molar-refractivity contribution in [3.8, 4) is 0 Å². The number of aliphatic hydroxyl groups is 1. The Morgan fingerprint density at radius 1 is 1.00 bits per heavy atom. The second-order valence-corrected chi connectivity index (χ2v) is 16.8. The van der Waals surface area contributed by atoms with Gasteiger partial charge in [-0.2, -0.15) is 0 Å². The average Bonchev–Trinajstić information content (AvgIpc) is 3.54. The Balaban J connectivity index is 1.04. The predicted molar refractivity (Wildman–Crippen MR) is 153 cm³/mol. The van der Waals surface area contributed by atoms with Crippen LogP contribution >= 0.6 is 0 Å². The number of hydrogen-bond acceptors (Lipinski definition) is 7. The summed E-state index contributed by atoms with van der Waals surface area (Å²) in [5, 5.41) is 12.2. The van der Waals surface area contributed by atoms with Gasteiger partial charge in [-0.25, -0.2) is 0 Å². The zero-order valence-electron chi connectivity index (χ0n) is 26.0. The van der Waals surface area contributed by atoms with Crippen molar-refractivity contribution in [3.05, 3.63) is 0 Å². The lowest BCUT2D eigenvalue weighted by Crippen LogP contribution is -2.60. The maximum atomic E-state index is 12.2. The Labute approximate surface area is 246 Å². The van der Waals surface area contributed by atoms with Gasteiger partial charge >= 0.3 is 0 Å². The van der Waals surface area contributed by atoms with Gasteiger partial charge in [-0.1, -0.05) is 34.6 Å². The second-order valence-electron chi connectivity index (χ2n) is 16.8. The van der Waals surface area contributed by atoms with Crippen molar-refractivity contribution < 1.29 is 28.8 Å². The number of fused-ring (bicyclic) bond motifs is 4. The van der Waals surface area contributed by atoms with Crippen molar-refractivity contribution in [1.29, 1.82) is 0 Å². The molecule has 7 nitrogen and oxygen atoms in total. The monoisotopic (exact) mass is 571 g/mol. The number of hydrogen-bond donors (Lipinski definition) is 1. The fourth-order valence-electron chi connectivity index (χ4n) is 13.3. The number of aldehydes is 1. The highest BCUT2D eigenvalue weighted by molar-refractivity contribution is 5.56. The molecule has 5 aliphatic carbocycles. The SMILES string of the molecule is C[C@@H]1C[C@H](C=O)O[C@H]2C1[C@@]1(C)CC[C@@]34CC35CC[C@H](O[C@H]3CN(C6COC6)CCO3)C(C)(C)[C@@H]5CC[C@H]4[C@]1(C)[C@H]2O.